The minimum Gasteiger partial charge on any atom is -0.481 e. The molecule has 4 nitrogen and oxygen atoms in total. The van der Waals surface area contributed by atoms with Gasteiger partial charge in [-0.15, -0.1) is 0 Å². The Morgan fingerprint density at radius 3 is 2.64 bits per heavy atom. The van der Waals surface area contributed by atoms with E-state index in [2.05, 4.69) is 36.1 Å². The molecule has 1 saturated carbocycles. The topological polar surface area (TPSA) is 55.8 Å². The third-order valence-corrected chi connectivity index (χ3v) is 6.79. The van der Waals surface area contributed by atoms with Crippen molar-refractivity contribution in [3.05, 3.63) is 83.9 Å². The molecule has 2 aromatic rings. The number of carbonyl (C=O) groups is 1. The fraction of sp³-hybridized carbons (Fsp3) is 0.414. The molecule has 1 aliphatic heterocycles. The zero-order valence-electron chi connectivity index (χ0n) is 19.0. The highest BCUT2D eigenvalue weighted by molar-refractivity contribution is 5.66. The Morgan fingerprint density at radius 2 is 1.88 bits per heavy atom. The Hall–Kier alpha value is -2.87. The Morgan fingerprint density at radius 1 is 1.12 bits per heavy atom. The van der Waals surface area contributed by atoms with E-state index < -0.39 is 5.97 Å². The molecule has 2 bridgehead atoms. The van der Waals surface area contributed by atoms with Crippen LogP contribution in [0.25, 0.3) is 0 Å². The molecule has 4 rings (SSSR count). The molecule has 1 saturated heterocycles. The van der Waals surface area contributed by atoms with Gasteiger partial charge in [-0.2, -0.15) is 0 Å². The van der Waals surface area contributed by atoms with Gasteiger partial charge in [-0.1, -0.05) is 72.5 Å². The molecule has 172 valence electrons. The van der Waals surface area contributed by atoms with Crippen molar-refractivity contribution in [1.82, 2.24) is 0 Å². The second-order valence-electron chi connectivity index (χ2n) is 9.09. The molecule has 4 heteroatoms. The summed E-state index contributed by atoms with van der Waals surface area (Å²) in [5.41, 5.74) is 2.05. The zero-order chi connectivity index (χ0) is 22.9. The van der Waals surface area contributed by atoms with E-state index >= 15 is 0 Å². The molecule has 1 heterocycles. The summed E-state index contributed by atoms with van der Waals surface area (Å²) in [6.45, 7) is 1.93. The highest BCUT2D eigenvalue weighted by Gasteiger charge is 2.57. The van der Waals surface area contributed by atoms with Crippen LogP contribution in [-0.4, -0.2) is 30.4 Å². The third kappa shape index (κ3) is 6.13. The maximum Gasteiger partial charge on any atom is 0.303 e. The van der Waals surface area contributed by atoms with Crippen LogP contribution < -0.4 is 0 Å². The number of hydrogen-bond acceptors (Lipinski definition) is 3. The summed E-state index contributed by atoms with van der Waals surface area (Å²) in [4.78, 5) is 10.7. The van der Waals surface area contributed by atoms with Crippen LogP contribution in [-0.2, 0) is 20.9 Å². The van der Waals surface area contributed by atoms with Crippen molar-refractivity contribution in [3.8, 4) is 11.8 Å². The number of allylic oxidation sites excluding steroid dienone is 2. The molecule has 0 radical (unpaired) electrons. The Kier molecular flexibility index (Phi) is 7.99. The van der Waals surface area contributed by atoms with Crippen molar-refractivity contribution >= 4 is 5.97 Å². The minimum atomic E-state index is -0.737. The molecule has 4 atom stereocenters. The molecule has 0 amide bonds. The van der Waals surface area contributed by atoms with Crippen LogP contribution >= 0.6 is 0 Å². The SMILES string of the molecule is O=C(O)CCC/C=C/C[C@H]1[C@H](COCc2ccccc2)C2CC1(C#Cc1ccccc1)CO2. The number of rotatable bonds is 10. The second-order valence-corrected chi connectivity index (χ2v) is 9.09. The summed E-state index contributed by atoms with van der Waals surface area (Å²) >= 11 is 0. The van der Waals surface area contributed by atoms with Gasteiger partial charge in [0.1, 0.15) is 0 Å². The molecule has 0 spiro atoms. The molecule has 2 fully saturated rings. The smallest absolute Gasteiger partial charge is 0.303 e. The maximum absolute atomic E-state index is 10.7. The van der Waals surface area contributed by atoms with Crippen LogP contribution in [0.3, 0.4) is 0 Å². The lowest BCUT2D eigenvalue weighted by Crippen LogP contribution is -2.37. The van der Waals surface area contributed by atoms with E-state index in [1.165, 1.54) is 5.56 Å². The minimum absolute atomic E-state index is 0.160. The van der Waals surface area contributed by atoms with Gasteiger partial charge in [0.15, 0.2) is 0 Å². The van der Waals surface area contributed by atoms with Gasteiger partial charge in [0.25, 0.3) is 0 Å². The average molecular weight is 445 g/mol. The highest BCUT2D eigenvalue weighted by atomic mass is 16.5. The van der Waals surface area contributed by atoms with Gasteiger partial charge in [-0.05, 0) is 49.3 Å². The lowest BCUT2D eigenvalue weighted by atomic mass is 9.74. The van der Waals surface area contributed by atoms with Crippen LogP contribution in [0.2, 0.25) is 0 Å². The molecule has 2 aliphatic rings. The van der Waals surface area contributed by atoms with Crippen LogP contribution in [0.1, 0.15) is 43.2 Å². The molecule has 1 aliphatic carbocycles. The molecule has 2 aromatic carbocycles. The normalized spacial score (nSPS) is 25.8. The first-order chi connectivity index (χ1) is 16.2. The fourth-order valence-electron chi connectivity index (χ4n) is 5.08. The Labute approximate surface area is 196 Å². The number of unbranched alkanes of at least 4 members (excludes halogenated alkanes) is 1. The van der Waals surface area contributed by atoms with Gasteiger partial charge in [0.2, 0.25) is 0 Å². The average Bonchev–Trinajstić information content (AvgIpc) is 3.38. The summed E-state index contributed by atoms with van der Waals surface area (Å²) in [7, 11) is 0. The van der Waals surface area contributed by atoms with Crippen molar-refractivity contribution in [1.29, 1.82) is 0 Å². The van der Waals surface area contributed by atoms with Gasteiger partial charge in [-0.3, -0.25) is 4.79 Å². The van der Waals surface area contributed by atoms with E-state index in [1.807, 2.05) is 48.5 Å². The van der Waals surface area contributed by atoms with E-state index in [0.29, 0.717) is 38.1 Å². The van der Waals surface area contributed by atoms with Gasteiger partial charge in [0, 0.05) is 17.9 Å². The number of carboxylic acids is 1. The predicted molar refractivity (Wildman–Crippen MR) is 128 cm³/mol. The van der Waals surface area contributed by atoms with Crippen molar-refractivity contribution in [2.24, 2.45) is 17.3 Å². The number of benzene rings is 2. The standard InChI is InChI=1S/C29H32O4/c30-28(31)16-10-2-1-9-15-26-25(21-32-20-24-13-7-4-8-14-24)27-19-29(26,22-33-27)18-17-23-11-5-3-6-12-23/h1,3-9,11-14,25-27H,2,10,15-16,19-22H2,(H,30,31)/b9-1+/t25-,26-,27?,29?/m0/s1. The largest absolute Gasteiger partial charge is 0.481 e. The molecular formula is C29H32O4. The summed E-state index contributed by atoms with van der Waals surface area (Å²) in [5, 5.41) is 8.83. The number of ether oxygens (including phenoxy) is 2. The predicted octanol–water partition coefficient (Wildman–Crippen LogP) is 5.48. The molecule has 33 heavy (non-hydrogen) atoms. The molecule has 2 unspecified atom stereocenters. The summed E-state index contributed by atoms with van der Waals surface area (Å²) in [6.07, 6.45) is 8.04. The van der Waals surface area contributed by atoms with E-state index in [1.54, 1.807) is 0 Å². The van der Waals surface area contributed by atoms with E-state index in [-0.39, 0.29) is 17.9 Å². The summed E-state index contributed by atoms with van der Waals surface area (Å²) in [5.74, 6) is 6.94. The first kappa shape index (κ1) is 23.3. The van der Waals surface area contributed by atoms with Crippen LogP contribution in [0, 0.1) is 29.1 Å². The first-order valence-electron chi connectivity index (χ1n) is 11.8. The number of hydrogen-bond donors (Lipinski definition) is 1. The third-order valence-electron chi connectivity index (χ3n) is 6.79. The Balaban J connectivity index is 1.44. The molecule has 1 N–H and O–H groups in total. The van der Waals surface area contributed by atoms with E-state index in [9.17, 15) is 4.79 Å². The van der Waals surface area contributed by atoms with Crippen molar-refractivity contribution in [2.75, 3.05) is 13.2 Å². The van der Waals surface area contributed by atoms with Crippen LogP contribution in [0.5, 0.6) is 0 Å². The van der Waals surface area contributed by atoms with Crippen molar-refractivity contribution in [2.45, 2.75) is 44.8 Å². The molecular weight excluding hydrogens is 412 g/mol. The molecule has 0 aromatic heterocycles. The highest BCUT2D eigenvalue weighted by Crippen LogP contribution is 2.55. The van der Waals surface area contributed by atoms with Gasteiger partial charge >= 0.3 is 5.97 Å². The van der Waals surface area contributed by atoms with Crippen molar-refractivity contribution in [3.63, 3.8) is 0 Å². The maximum atomic E-state index is 10.7. The van der Waals surface area contributed by atoms with Crippen molar-refractivity contribution < 1.29 is 19.4 Å². The van der Waals surface area contributed by atoms with Crippen LogP contribution in [0.4, 0.5) is 0 Å². The van der Waals surface area contributed by atoms with Gasteiger partial charge in [0.05, 0.1) is 31.3 Å². The fourth-order valence-corrected chi connectivity index (χ4v) is 5.08. The monoisotopic (exact) mass is 444 g/mol. The summed E-state index contributed by atoms with van der Waals surface area (Å²) in [6, 6.07) is 20.4. The van der Waals surface area contributed by atoms with E-state index in [0.717, 1.165) is 24.8 Å². The van der Waals surface area contributed by atoms with Gasteiger partial charge < -0.3 is 14.6 Å². The second kappa shape index (κ2) is 11.3. The number of carboxylic acid groups (broad SMARTS) is 1. The first-order valence-corrected chi connectivity index (χ1v) is 11.8. The number of fused-ring (bicyclic) bond motifs is 2. The number of aliphatic carboxylic acids is 1. The van der Waals surface area contributed by atoms with Crippen LogP contribution in [0.15, 0.2) is 72.8 Å². The lowest BCUT2D eigenvalue weighted by molar-refractivity contribution is -0.137. The van der Waals surface area contributed by atoms with Gasteiger partial charge in [-0.25, -0.2) is 0 Å². The van der Waals surface area contributed by atoms with E-state index in [4.69, 9.17) is 14.6 Å². The zero-order valence-corrected chi connectivity index (χ0v) is 19.0. The summed E-state index contributed by atoms with van der Waals surface area (Å²) < 4.78 is 12.3. The lowest BCUT2D eigenvalue weighted by Gasteiger charge is -2.35. The quantitative estimate of drug-likeness (QED) is 0.300. The Bertz CT molecular complexity index is 989.